The van der Waals surface area contributed by atoms with Crippen LogP contribution in [-0.4, -0.2) is 19.0 Å². The van der Waals surface area contributed by atoms with Crippen LogP contribution in [0.5, 0.6) is 0 Å². The Labute approximate surface area is 116 Å². The highest BCUT2D eigenvalue weighted by molar-refractivity contribution is 9.10. The maximum Gasteiger partial charge on any atom is 0.227 e. The summed E-state index contributed by atoms with van der Waals surface area (Å²) in [6, 6.07) is 2.32. The standard InChI is InChI=1S/C11H9BrF2N4O/c12-10-8(2-1-7(13)11(10)14)18-5-6(3-9(18)19)4-16-17-15/h1-2,6H,3-5H2. The van der Waals surface area contributed by atoms with E-state index in [-0.39, 0.29) is 35.0 Å². The molecule has 1 aromatic rings. The molecule has 0 bridgehead atoms. The molecular weight excluding hydrogens is 322 g/mol. The fourth-order valence-electron chi connectivity index (χ4n) is 2.01. The fraction of sp³-hybridized carbons (Fsp3) is 0.364. The van der Waals surface area contributed by atoms with E-state index in [2.05, 4.69) is 26.0 Å². The minimum atomic E-state index is -1.02. The van der Waals surface area contributed by atoms with Crippen LogP contribution in [0.1, 0.15) is 6.42 Å². The number of amides is 1. The lowest BCUT2D eigenvalue weighted by molar-refractivity contribution is -0.117. The van der Waals surface area contributed by atoms with Crippen molar-refractivity contribution in [2.45, 2.75) is 6.42 Å². The summed E-state index contributed by atoms with van der Waals surface area (Å²) in [7, 11) is 0. The van der Waals surface area contributed by atoms with Crippen LogP contribution in [0.4, 0.5) is 14.5 Å². The number of anilines is 1. The predicted octanol–water partition coefficient (Wildman–Crippen LogP) is 3.39. The van der Waals surface area contributed by atoms with Crippen molar-refractivity contribution in [2.24, 2.45) is 11.0 Å². The fourth-order valence-corrected chi connectivity index (χ4v) is 2.55. The third-order valence-corrected chi connectivity index (χ3v) is 3.67. The first-order chi connectivity index (χ1) is 9.04. The van der Waals surface area contributed by atoms with Gasteiger partial charge in [0.15, 0.2) is 11.6 Å². The van der Waals surface area contributed by atoms with E-state index in [4.69, 9.17) is 5.53 Å². The van der Waals surface area contributed by atoms with Crippen molar-refractivity contribution in [1.82, 2.24) is 0 Å². The average Bonchev–Trinajstić information content (AvgIpc) is 2.75. The number of hydrogen-bond acceptors (Lipinski definition) is 2. The largest absolute Gasteiger partial charge is 0.311 e. The first-order valence-electron chi connectivity index (χ1n) is 5.49. The quantitative estimate of drug-likeness (QED) is 0.362. The molecule has 1 aliphatic heterocycles. The van der Waals surface area contributed by atoms with Gasteiger partial charge in [0.2, 0.25) is 5.91 Å². The molecule has 0 radical (unpaired) electrons. The van der Waals surface area contributed by atoms with Crippen LogP contribution in [0.2, 0.25) is 0 Å². The molecule has 0 aliphatic carbocycles. The molecule has 1 aliphatic rings. The molecule has 1 atom stereocenters. The summed E-state index contributed by atoms with van der Waals surface area (Å²) < 4.78 is 26.4. The minimum absolute atomic E-state index is 0.0784. The number of carbonyl (C=O) groups is 1. The van der Waals surface area contributed by atoms with Crippen molar-refractivity contribution in [3.8, 4) is 0 Å². The Morgan fingerprint density at radius 1 is 1.53 bits per heavy atom. The Morgan fingerprint density at radius 2 is 2.26 bits per heavy atom. The van der Waals surface area contributed by atoms with E-state index in [9.17, 15) is 13.6 Å². The topological polar surface area (TPSA) is 69.1 Å². The van der Waals surface area contributed by atoms with Gasteiger partial charge in [0.25, 0.3) is 0 Å². The molecule has 0 saturated carbocycles. The van der Waals surface area contributed by atoms with E-state index in [0.717, 1.165) is 6.07 Å². The minimum Gasteiger partial charge on any atom is -0.311 e. The van der Waals surface area contributed by atoms with Crippen LogP contribution >= 0.6 is 15.9 Å². The van der Waals surface area contributed by atoms with Crippen LogP contribution in [0.15, 0.2) is 21.7 Å². The SMILES string of the molecule is [N-]=[N+]=NCC1CC(=O)N(c2ccc(F)c(F)c2Br)C1. The highest BCUT2D eigenvalue weighted by Crippen LogP contribution is 2.34. The van der Waals surface area contributed by atoms with E-state index in [1.54, 1.807) is 0 Å². The Balaban J connectivity index is 2.26. The van der Waals surface area contributed by atoms with Crippen molar-refractivity contribution < 1.29 is 13.6 Å². The molecule has 0 spiro atoms. The predicted molar refractivity (Wildman–Crippen MR) is 68.5 cm³/mol. The van der Waals surface area contributed by atoms with E-state index < -0.39 is 11.6 Å². The Bertz CT molecular complexity index is 574. The summed E-state index contributed by atoms with van der Waals surface area (Å²) in [6.07, 6.45) is 0.227. The molecule has 5 nitrogen and oxygen atoms in total. The highest BCUT2D eigenvalue weighted by atomic mass is 79.9. The van der Waals surface area contributed by atoms with Crippen LogP contribution < -0.4 is 4.90 Å². The summed E-state index contributed by atoms with van der Waals surface area (Å²) in [5, 5.41) is 3.43. The lowest BCUT2D eigenvalue weighted by atomic mass is 10.1. The van der Waals surface area contributed by atoms with Gasteiger partial charge in [0.1, 0.15) is 0 Å². The average molecular weight is 331 g/mol. The van der Waals surface area contributed by atoms with E-state index in [1.165, 1.54) is 11.0 Å². The number of nitrogens with zero attached hydrogens (tertiary/aromatic N) is 4. The van der Waals surface area contributed by atoms with Gasteiger partial charge in [-0.25, -0.2) is 8.78 Å². The number of hydrogen-bond donors (Lipinski definition) is 0. The summed E-state index contributed by atoms with van der Waals surface area (Å²) in [4.78, 5) is 15.9. The van der Waals surface area contributed by atoms with Crippen molar-refractivity contribution in [2.75, 3.05) is 18.0 Å². The lowest BCUT2D eigenvalue weighted by Gasteiger charge is -2.18. The molecule has 100 valence electrons. The molecule has 1 aromatic carbocycles. The van der Waals surface area contributed by atoms with Crippen molar-refractivity contribution in [3.63, 3.8) is 0 Å². The smallest absolute Gasteiger partial charge is 0.227 e. The monoisotopic (exact) mass is 330 g/mol. The van der Waals surface area contributed by atoms with Gasteiger partial charge in [0, 0.05) is 24.4 Å². The first-order valence-corrected chi connectivity index (χ1v) is 6.28. The second-order valence-electron chi connectivity index (χ2n) is 4.18. The first kappa shape index (κ1) is 13.8. The van der Waals surface area contributed by atoms with Crippen molar-refractivity contribution in [3.05, 3.63) is 38.7 Å². The molecule has 8 heteroatoms. The number of halogens is 3. The van der Waals surface area contributed by atoms with Gasteiger partial charge in [-0.05, 0) is 39.5 Å². The van der Waals surface area contributed by atoms with Gasteiger partial charge >= 0.3 is 0 Å². The third kappa shape index (κ3) is 2.69. The summed E-state index contributed by atoms with van der Waals surface area (Å²) in [5.41, 5.74) is 8.53. The molecule has 1 saturated heterocycles. The zero-order valence-corrected chi connectivity index (χ0v) is 11.3. The molecule has 19 heavy (non-hydrogen) atoms. The normalized spacial score (nSPS) is 18.6. The number of benzene rings is 1. The van der Waals surface area contributed by atoms with Gasteiger partial charge in [-0.3, -0.25) is 4.79 Å². The van der Waals surface area contributed by atoms with E-state index in [0.29, 0.717) is 6.54 Å². The Hall–Kier alpha value is -1.66. The number of azide groups is 1. The lowest BCUT2D eigenvalue weighted by Crippen LogP contribution is -2.25. The van der Waals surface area contributed by atoms with Crippen molar-refractivity contribution in [1.29, 1.82) is 0 Å². The molecule has 2 rings (SSSR count). The van der Waals surface area contributed by atoms with Crippen LogP contribution in [0.25, 0.3) is 10.4 Å². The number of carbonyl (C=O) groups excluding carboxylic acids is 1. The highest BCUT2D eigenvalue weighted by Gasteiger charge is 2.32. The van der Waals surface area contributed by atoms with Crippen LogP contribution in [0, 0.1) is 17.6 Å². The zero-order valence-electron chi connectivity index (χ0n) is 9.68. The molecular formula is C11H9BrF2N4O. The van der Waals surface area contributed by atoms with Crippen molar-refractivity contribution >= 4 is 27.5 Å². The van der Waals surface area contributed by atoms with Gasteiger partial charge in [-0.2, -0.15) is 0 Å². The Morgan fingerprint density at radius 3 is 2.95 bits per heavy atom. The van der Waals surface area contributed by atoms with Gasteiger partial charge in [0.05, 0.1) is 10.2 Å². The second kappa shape index (κ2) is 5.54. The molecule has 1 fully saturated rings. The molecule has 1 heterocycles. The van der Waals surface area contributed by atoms with E-state index >= 15 is 0 Å². The third-order valence-electron chi connectivity index (χ3n) is 2.91. The molecule has 0 N–H and O–H groups in total. The van der Waals surface area contributed by atoms with Crippen LogP contribution in [0.3, 0.4) is 0 Å². The van der Waals surface area contributed by atoms with Gasteiger partial charge in [-0.1, -0.05) is 5.11 Å². The summed E-state index contributed by atoms with van der Waals surface area (Å²) in [5.74, 6) is -2.31. The summed E-state index contributed by atoms with van der Waals surface area (Å²) in [6.45, 7) is 0.529. The maximum absolute atomic E-state index is 13.4. The molecule has 0 aromatic heterocycles. The van der Waals surface area contributed by atoms with Gasteiger partial charge in [-0.15, -0.1) is 0 Å². The van der Waals surface area contributed by atoms with Gasteiger partial charge < -0.3 is 4.90 Å². The number of rotatable bonds is 3. The maximum atomic E-state index is 13.4. The van der Waals surface area contributed by atoms with E-state index in [1.807, 2.05) is 0 Å². The Kier molecular flexibility index (Phi) is 4.01. The summed E-state index contributed by atoms with van der Waals surface area (Å²) >= 11 is 2.95. The molecule has 1 unspecified atom stereocenters. The zero-order chi connectivity index (χ0) is 14.0. The molecule has 1 amide bonds. The second-order valence-corrected chi connectivity index (χ2v) is 4.98. The van der Waals surface area contributed by atoms with Crippen LogP contribution in [-0.2, 0) is 4.79 Å².